The first-order chi connectivity index (χ1) is 11.9. The van der Waals surface area contributed by atoms with Gasteiger partial charge in [-0.25, -0.2) is 0 Å². The summed E-state index contributed by atoms with van der Waals surface area (Å²) in [5, 5.41) is 2.17. The van der Waals surface area contributed by atoms with Crippen LogP contribution in [0.15, 0.2) is 42.0 Å². The molecule has 0 radical (unpaired) electrons. The SMILES string of the molecule is c1cncc(CN2CCO[C@H]3CN(Cc4cccs4)CC[C@H]3C2)c1. The number of hydrogen-bond donors (Lipinski definition) is 0. The minimum absolute atomic E-state index is 0.387. The van der Waals surface area contributed by atoms with Crippen LogP contribution in [-0.4, -0.2) is 53.7 Å². The molecule has 0 aliphatic carbocycles. The highest BCUT2D eigenvalue weighted by atomic mass is 32.1. The van der Waals surface area contributed by atoms with Crippen LogP contribution in [0.1, 0.15) is 16.9 Å². The largest absolute Gasteiger partial charge is 0.375 e. The van der Waals surface area contributed by atoms with E-state index in [4.69, 9.17) is 4.74 Å². The highest BCUT2D eigenvalue weighted by Gasteiger charge is 2.33. The van der Waals surface area contributed by atoms with Crippen LogP contribution in [0.2, 0.25) is 0 Å². The normalized spacial score (nSPS) is 26.0. The van der Waals surface area contributed by atoms with Crippen molar-refractivity contribution in [2.75, 3.05) is 32.8 Å². The summed E-state index contributed by atoms with van der Waals surface area (Å²) in [6.45, 7) is 7.32. The van der Waals surface area contributed by atoms with E-state index >= 15 is 0 Å². The van der Waals surface area contributed by atoms with Crippen molar-refractivity contribution in [3.05, 3.63) is 52.5 Å². The van der Waals surface area contributed by atoms with E-state index in [1.54, 1.807) is 0 Å². The molecule has 2 fully saturated rings. The number of aromatic nitrogens is 1. The van der Waals surface area contributed by atoms with E-state index in [0.29, 0.717) is 12.0 Å². The van der Waals surface area contributed by atoms with Crippen molar-refractivity contribution in [2.45, 2.75) is 25.6 Å². The summed E-state index contributed by atoms with van der Waals surface area (Å²) < 4.78 is 6.23. The highest BCUT2D eigenvalue weighted by Crippen LogP contribution is 2.26. The second kappa shape index (κ2) is 7.74. The Morgan fingerprint density at radius 1 is 1.12 bits per heavy atom. The lowest BCUT2D eigenvalue weighted by atomic mass is 9.93. The van der Waals surface area contributed by atoms with Gasteiger partial charge in [0.25, 0.3) is 0 Å². The number of piperidine rings is 1. The first kappa shape index (κ1) is 16.2. The first-order valence-corrected chi connectivity index (χ1v) is 9.72. The Balaban J connectivity index is 1.34. The number of fused-ring (bicyclic) bond motifs is 1. The predicted octanol–water partition coefficient (Wildman–Crippen LogP) is 2.87. The molecule has 4 rings (SSSR count). The Morgan fingerprint density at radius 2 is 2.08 bits per heavy atom. The summed E-state index contributed by atoms with van der Waals surface area (Å²) in [6, 6.07) is 8.57. The van der Waals surface area contributed by atoms with Gasteiger partial charge in [-0.15, -0.1) is 11.3 Å². The van der Waals surface area contributed by atoms with E-state index < -0.39 is 0 Å². The van der Waals surface area contributed by atoms with Crippen molar-refractivity contribution >= 4 is 11.3 Å². The number of rotatable bonds is 4. The fraction of sp³-hybridized carbons (Fsp3) is 0.526. The van der Waals surface area contributed by atoms with Crippen LogP contribution < -0.4 is 0 Å². The molecule has 0 aromatic carbocycles. The molecule has 0 unspecified atom stereocenters. The van der Waals surface area contributed by atoms with Gasteiger partial charge in [-0.1, -0.05) is 12.1 Å². The number of ether oxygens (including phenoxy) is 1. The lowest BCUT2D eigenvalue weighted by molar-refractivity contribution is -0.0239. The third-order valence-corrected chi connectivity index (χ3v) is 5.96. The third kappa shape index (κ3) is 4.03. The van der Waals surface area contributed by atoms with E-state index in [0.717, 1.165) is 39.3 Å². The number of thiophene rings is 1. The van der Waals surface area contributed by atoms with Crippen molar-refractivity contribution in [3.8, 4) is 0 Å². The Labute approximate surface area is 148 Å². The van der Waals surface area contributed by atoms with Gasteiger partial charge in [-0.2, -0.15) is 0 Å². The number of hydrogen-bond acceptors (Lipinski definition) is 5. The first-order valence-electron chi connectivity index (χ1n) is 8.84. The Hall–Kier alpha value is -1.27. The lowest BCUT2D eigenvalue weighted by Crippen LogP contribution is -2.46. The van der Waals surface area contributed by atoms with E-state index in [9.17, 15) is 0 Å². The van der Waals surface area contributed by atoms with E-state index in [2.05, 4.69) is 38.4 Å². The molecule has 2 aromatic heterocycles. The van der Waals surface area contributed by atoms with Crippen molar-refractivity contribution in [1.82, 2.24) is 14.8 Å². The van der Waals surface area contributed by atoms with Crippen LogP contribution >= 0.6 is 11.3 Å². The van der Waals surface area contributed by atoms with Gasteiger partial charge in [0, 0.05) is 55.9 Å². The maximum Gasteiger partial charge on any atom is 0.0743 e. The molecule has 2 atom stereocenters. The van der Waals surface area contributed by atoms with Crippen molar-refractivity contribution < 1.29 is 4.74 Å². The summed E-state index contributed by atoms with van der Waals surface area (Å²) >= 11 is 1.86. The zero-order valence-electron chi connectivity index (χ0n) is 14.0. The van der Waals surface area contributed by atoms with Crippen LogP contribution in [-0.2, 0) is 17.8 Å². The van der Waals surface area contributed by atoms with Crippen molar-refractivity contribution in [2.24, 2.45) is 5.92 Å². The molecule has 0 N–H and O–H groups in total. The van der Waals surface area contributed by atoms with Gasteiger partial charge in [0.15, 0.2) is 0 Å². The lowest BCUT2D eigenvalue weighted by Gasteiger charge is -2.37. The number of likely N-dealkylation sites (tertiary alicyclic amines) is 1. The summed E-state index contributed by atoms with van der Waals surface area (Å²) in [5.41, 5.74) is 1.30. The molecule has 4 heterocycles. The zero-order valence-corrected chi connectivity index (χ0v) is 14.8. The third-order valence-electron chi connectivity index (χ3n) is 5.10. The van der Waals surface area contributed by atoms with E-state index in [-0.39, 0.29) is 0 Å². The molecule has 2 aliphatic heterocycles. The predicted molar refractivity (Wildman–Crippen MR) is 97.0 cm³/mol. The van der Waals surface area contributed by atoms with Crippen LogP contribution in [0.3, 0.4) is 0 Å². The molecular formula is C19H25N3OS. The number of pyridine rings is 1. The van der Waals surface area contributed by atoms with Gasteiger partial charge in [-0.3, -0.25) is 14.8 Å². The van der Waals surface area contributed by atoms with Gasteiger partial charge in [0.2, 0.25) is 0 Å². The smallest absolute Gasteiger partial charge is 0.0743 e. The fourth-order valence-electron chi connectivity index (χ4n) is 3.84. The Kier molecular flexibility index (Phi) is 5.23. The minimum Gasteiger partial charge on any atom is -0.375 e. The van der Waals surface area contributed by atoms with Crippen LogP contribution in [0.25, 0.3) is 0 Å². The summed E-state index contributed by atoms with van der Waals surface area (Å²) in [4.78, 5) is 10.8. The molecule has 5 heteroatoms. The number of nitrogens with zero attached hydrogens (tertiary/aromatic N) is 3. The van der Waals surface area contributed by atoms with Crippen LogP contribution in [0, 0.1) is 5.92 Å². The topological polar surface area (TPSA) is 28.6 Å². The second-order valence-electron chi connectivity index (χ2n) is 6.87. The summed E-state index contributed by atoms with van der Waals surface area (Å²) in [7, 11) is 0. The average molecular weight is 343 g/mol. The summed E-state index contributed by atoms with van der Waals surface area (Å²) in [5.74, 6) is 0.656. The molecule has 2 aromatic rings. The quantitative estimate of drug-likeness (QED) is 0.853. The maximum absolute atomic E-state index is 6.23. The molecule has 0 bridgehead atoms. The molecule has 0 amide bonds. The van der Waals surface area contributed by atoms with Crippen LogP contribution in [0.4, 0.5) is 0 Å². The van der Waals surface area contributed by atoms with Gasteiger partial charge >= 0.3 is 0 Å². The Morgan fingerprint density at radius 3 is 2.92 bits per heavy atom. The zero-order chi connectivity index (χ0) is 16.2. The summed E-state index contributed by atoms with van der Waals surface area (Å²) in [6.07, 6.45) is 5.44. The monoisotopic (exact) mass is 343 g/mol. The van der Waals surface area contributed by atoms with E-state index in [1.165, 1.54) is 23.4 Å². The van der Waals surface area contributed by atoms with Crippen LogP contribution in [0.5, 0.6) is 0 Å². The highest BCUT2D eigenvalue weighted by molar-refractivity contribution is 7.09. The molecular weight excluding hydrogens is 318 g/mol. The van der Waals surface area contributed by atoms with Gasteiger partial charge in [0.05, 0.1) is 12.7 Å². The van der Waals surface area contributed by atoms with Crippen molar-refractivity contribution in [3.63, 3.8) is 0 Å². The molecule has 2 saturated heterocycles. The van der Waals surface area contributed by atoms with Gasteiger partial charge in [0.1, 0.15) is 0 Å². The molecule has 128 valence electrons. The maximum atomic E-state index is 6.23. The molecule has 2 aliphatic rings. The molecule has 0 spiro atoms. The average Bonchev–Trinajstić information content (AvgIpc) is 3.02. The van der Waals surface area contributed by atoms with Gasteiger partial charge in [-0.05, 0) is 36.0 Å². The molecule has 0 saturated carbocycles. The second-order valence-corrected chi connectivity index (χ2v) is 7.90. The molecule has 4 nitrogen and oxygen atoms in total. The van der Waals surface area contributed by atoms with Crippen molar-refractivity contribution in [1.29, 1.82) is 0 Å². The fourth-order valence-corrected chi connectivity index (χ4v) is 4.59. The van der Waals surface area contributed by atoms with Gasteiger partial charge < -0.3 is 4.74 Å². The standard InChI is InChI=1S/C19H25N3OS/c1-3-16(11-20-6-1)12-22-8-9-23-19-15-21(7-5-17(19)13-22)14-18-4-2-10-24-18/h1-4,6,10-11,17,19H,5,7-9,12-15H2/t17-,19-/m0/s1. The molecule has 24 heavy (non-hydrogen) atoms. The Bertz CT molecular complexity index is 619. The van der Waals surface area contributed by atoms with E-state index in [1.807, 2.05) is 29.8 Å². The minimum atomic E-state index is 0.387.